The number of hydrogen-bond donors (Lipinski definition) is 0. The third kappa shape index (κ3) is 7.71. The molecule has 0 amide bonds. The summed E-state index contributed by atoms with van der Waals surface area (Å²) in [6.07, 6.45) is 2.96. The summed E-state index contributed by atoms with van der Waals surface area (Å²) in [7, 11) is -5.11. The molecule has 0 aliphatic heterocycles. The first-order valence-corrected chi connectivity index (χ1v) is 21.3. The van der Waals surface area contributed by atoms with E-state index in [1.165, 1.54) is 0 Å². The summed E-state index contributed by atoms with van der Waals surface area (Å²) in [5.74, 6) is -0.0920. The summed E-state index contributed by atoms with van der Waals surface area (Å²) < 4.78 is 20.3. The predicted octanol–water partition coefficient (Wildman–Crippen LogP) is 7.99. The topological polar surface area (TPSA) is 68.5 Å². The molecular weight excluding hydrogens is 567 g/mol. The maximum atomic E-state index is 14.1. The monoisotopic (exact) mass is 621 g/mol. The van der Waals surface area contributed by atoms with Gasteiger partial charge in [-0.1, -0.05) is 95.3 Å². The third-order valence-corrected chi connectivity index (χ3v) is 15.2. The Morgan fingerprint density at radius 3 is 1.91 bits per heavy atom. The molecule has 7 heteroatoms. The molecule has 236 valence electrons. The van der Waals surface area contributed by atoms with Crippen LogP contribution in [0.2, 0.25) is 24.7 Å². The third-order valence-electron chi connectivity index (χ3n) is 9.17. The molecule has 0 N–H and O–H groups in total. The Labute approximate surface area is 263 Å². The lowest BCUT2D eigenvalue weighted by Crippen LogP contribution is -2.68. The Hall–Kier alpha value is -2.25. The molecule has 1 fully saturated rings. The lowest BCUT2D eigenvalue weighted by Gasteiger charge is -2.54. The van der Waals surface area contributed by atoms with Gasteiger partial charge in [-0.05, 0) is 93.8 Å². The van der Waals surface area contributed by atoms with Gasteiger partial charge in [0, 0.05) is 5.41 Å². The molecule has 0 radical (unpaired) electrons. The summed E-state index contributed by atoms with van der Waals surface area (Å²) in [4.78, 5) is 14.1. The Morgan fingerprint density at radius 1 is 0.977 bits per heavy atom. The van der Waals surface area contributed by atoms with Crippen LogP contribution in [0, 0.1) is 22.7 Å². The highest BCUT2D eigenvalue weighted by Crippen LogP contribution is 2.54. The first kappa shape index (κ1) is 35.2. The molecular formula is C36H55NO4Si2. The smallest absolute Gasteiger partial charge is 0.334 e. The zero-order valence-corrected chi connectivity index (χ0v) is 30.5. The molecule has 2 aromatic rings. The molecule has 43 heavy (non-hydrogen) atoms. The van der Waals surface area contributed by atoms with Gasteiger partial charge in [-0.3, -0.25) is 0 Å². The van der Waals surface area contributed by atoms with Crippen LogP contribution in [0.5, 0.6) is 0 Å². The first-order chi connectivity index (χ1) is 19.8. The fourth-order valence-electron chi connectivity index (χ4n) is 6.93. The van der Waals surface area contributed by atoms with E-state index >= 15 is 0 Å². The molecule has 0 unspecified atom stereocenters. The van der Waals surface area contributed by atoms with Crippen LogP contribution in [-0.2, 0) is 18.4 Å². The van der Waals surface area contributed by atoms with Crippen molar-refractivity contribution in [2.75, 3.05) is 0 Å². The van der Waals surface area contributed by atoms with Crippen LogP contribution in [0.25, 0.3) is 0 Å². The lowest BCUT2D eigenvalue weighted by molar-refractivity contribution is -0.165. The van der Waals surface area contributed by atoms with Crippen LogP contribution in [0.3, 0.4) is 0 Å². The van der Waals surface area contributed by atoms with E-state index in [4.69, 9.17) is 13.6 Å². The molecule has 0 spiro atoms. The minimum atomic E-state index is -3.05. The second-order valence-corrected chi connectivity index (χ2v) is 24.4. The normalized spacial score (nSPS) is 24.2. The largest absolute Gasteiger partial charge is 0.458 e. The van der Waals surface area contributed by atoms with Gasteiger partial charge >= 0.3 is 5.97 Å². The van der Waals surface area contributed by atoms with Gasteiger partial charge in [0.25, 0.3) is 8.32 Å². The number of hydrogen-bond acceptors (Lipinski definition) is 5. The van der Waals surface area contributed by atoms with Crippen LogP contribution < -0.4 is 10.4 Å². The van der Waals surface area contributed by atoms with Crippen molar-refractivity contribution < 1.29 is 18.4 Å². The number of benzene rings is 2. The van der Waals surface area contributed by atoms with E-state index in [0.29, 0.717) is 19.3 Å². The van der Waals surface area contributed by atoms with Gasteiger partial charge in [-0.15, -0.1) is 0 Å². The van der Waals surface area contributed by atoms with Crippen molar-refractivity contribution in [1.29, 1.82) is 5.26 Å². The molecule has 3 rings (SSSR count). The van der Waals surface area contributed by atoms with Crippen LogP contribution in [0.1, 0.15) is 87.5 Å². The second-order valence-electron chi connectivity index (χ2n) is 15.7. The summed E-state index contributed by atoms with van der Waals surface area (Å²) in [6, 6.07) is 23.5. The minimum Gasteiger partial charge on any atom is -0.458 e. The van der Waals surface area contributed by atoms with Crippen LogP contribution in [0.4, 0.5) is 0 Å². The van der Waals surface area contributed by atoms with Crippen molar-refractivity contribution in [3.8, 4) is 6.07 Å². The average molecular weight is 622 g/mol. The van der Waals surface area contributed by atoms with E-state index in [1.807, 2.05) is 32.9 Å². The quantitative estimate of drug-likeness (QED) is 0.199. The van der Waals surface area contributed by atoms with E-state index in [1.54, 1.807) is 0 Å². The van der Waals surface area contributed by atoms with E-state index < -0.39 is 39.4 Å². The van der Waals surface area contributed by atoms with Crippen LogP contribution in [-0.4, -0.2) is 39.9 Å². The Balaban J connectivity index is 2.16. The molecule has 1 aliphatic carbocycles. The number of rotatable bonds is 10. The lowest BCUT2D eigenvalue weighted by atomic mass is 9.57. The minimum absolute atomic E-state index is 0.254. The SMILES string of the molecule is C[C@H]1CCC[C@](C#N)(O[Si](C)(C)C)[C@]1(C)CC[C@H](O[Si](c1ccccc1)(c1ccccc1)C(C)(C)C)C(=O)OC(C)(C)C. The maximum Gasteiger partial charge on any atom is 0.334 e. The highest BCUT2D eigenvalue weighted by molar-refractivity contribution is 6.99. The number of nitriles is 1. The molecule has 1 aliphatic rings. The van der Waals surface area contributed by atoms with Gasteiger partial charge in [0.1, 0.15) is 17.3 Å². The summed E-state index contributed by atoms with van der Waals surface area (Å²) >= 11 is 0. The van der Waals surface area contributed by atoms with Crippen LogP contribution in [0.15, 0.2) is 60.7 Å². The zero-order chi connectivity index (χ0) is 32.3. The first-order valence-electron chi connectivity index (χ1n) is 15.9. The number of nitrogens with zero attached hydrogens (tertiary/aromatic N) is 1. The molecule has 2 aromatic carbocycles. The van der Waals surface area contributed by atoms with Crippen LogP contribution >= 0.6 is 0 Å². The van der Waals surface area contributed by atoms with Crippen molar-refractivity contribution in [2.24, 2.45) is 11.3 Å². The van der Waals surface area contributed by atoms with Gasteiger partial charge in [-0.25, -0.2) is 4.79 Å². The van der Waals surface area contributed by atoms with E-state index in [0.717, 1.165) is 23.2 Å². The number of esters is 1. The summed E-state index contributed by atoms with van der Waals surface area (Å²) in [5.41, 5.74) is -2.01. The average Bonchev–Trinajstić information content (AvgIpc) is 2.90. The number of carbonyl (C=O) groups excluding carboxylic acids is 1. The fourth-order valence-corrected chi connectivity index (χ4v) is 13.0. The summed E-state index contributed by atoms with van der Waals surface area (Å²) in [5, 5.41) is 12.6. The fraction of sp³-hybridized carbons (Fsp3) is 0.611. The molecule has 0 bridgehead atoms. The highest BCUT2D eigenvalue weighted by Gasteiger charge is 2.57. The van der Waals surface area contributed by atoms with Gasteiger partial charge in [-0.2, -0.15) is 5.26 Å². The standard InChI is InChI=1S/C36H55NO4Si2/c1-28-19-18-25-36(27-37,41-42(9,10)11)35(28,8)26-24-31(32(38)39-33(2,3)4)40-43(34(5,6)7,29-20-14-12-15-21-29)30-22-16-13-17-23-30/h12-17,20-23,28,31H,18-19,24-26H2,1-11H3/t28-,31-,35+,36+/m0/s1. The summed E-state index contributed by atoms with van der Waals surface area (Å²) in [6.45, 7) is 23.3. The Kier molecular flexibility index (Phi) is 10.7. The molecule has 5 nitrogen and oxygen atoms in total. The molecule has 0 aromatic heterocycles. The van der Waals surface area contributed by atoms with Gasteiger partial charge in [0.15, 0.2) is 8.32 Å². The van der Waals surface area contributed by atoms with Crippen molar-refractivity contribution in [2.45, 2.75) is 129 Å². The van der Waals surface area contributed by atoms with Gasteiger partial charge < -0.3 is 13.6 Å². The Bertz CT molecular complexity index is 1220. The highest BCUT2D eigenvalue weighted by atomic mass is 28.4. The maximum absolute atomic E-state index is 14.1. The Morgan fingerprint density at radius 2 is 1.49 bits per heavy atom. The van der Waals surface area contributed by atoms with E-state index in [2.05, 4.69) is 109 Å². The van der Waals surface area contributed by atoms with Crippen molar-refractivity contribution in [1.82, 2.24) is 0 Å². The van der Waals surface area contributed by atoms with Crippen molar-refractivity contribution >= 4 is 33.0 Å². The zero-order valence-electron chi connectivity index (χ0n) is 28.5. The van der Waals surface area contributed by atoms with Gasteiger partial charge in [0.05, 0.1) is 6.07 Å². The molecule has 4 atom stereocenters. The number of carbonyl (C=O) groups is 1. The molecule has 1 saturated carbocycles. The second kappa shape index (κ2) is 13.0. The van der Waals surface area contributed by atoms with E-state index in [9.17, 15) is 10.1 Å². The molecule has 0 heterocycles. The van der Waals surface area contributed by atoms with Gasteiger partial charge in [0.2, 0.25) is 0 Å². The molecule has 0 saturated heterocycles. The number of ether oxygens (including phenoxy) is 1. The predicted molar refractivity (Wildman–Crippen MR) is 181 cm³/mol. The van der Waals surface area contributed by atoms with Crippen molar-refractivity contribution in [3.05, 3.63) is 60.7 Å². The van der Waals surface area contributed by atoms with Crippen molar-refractivity contribution in [3.63, 3.8) is 0 Å². The van der Waals surface area contributed by atoms with E-state index in [-0.39, 0.29) is 16.9 Å².